The Labute approximate surface area is 166 Å². The normalized spacial score (nSPS) is 13.9. The number of aliphatic hydroxyl groups is 1. The molecule has 29 heavy (non-hydrogen) atoms. The molecule has 0 radical (unpaired) electrons. The highest BCUT2D eigenvalue weighted by Crippen LogP contribution is 2.20. The second-order valence-corrected chi connectivity index (χ2v) is 6.02. The predicted octanol–water partition coefficient (Wildman–Crippen LogP) is 1.60. The highest BCUT2D eigenvalue weighted by Gasteiger charge is 2.48. The number of benzene rings is 2. The van der Waals surface area contributed by atoms with Crippen LogP contribution in [0, 0.1) is 5.82 Å². The summed E-state index contributed by atoms with van der Waals surface area (Å²) in [7, 11) is 1.01. The maximum Gasteiger partial charge on any atom is 0.344 e. The number of rotatable bonds is 9. The van der Waals surface area contributed by atoms with Gasteiger partial charge in [-0.15, -0.1) is 0 Å². The van der Waals surface area contributed by atoms with Gasteiger partial charge in [0.05, 0.1) is 7.11 Å². The van der Waals surface area contributed by atoms with Gasteiger partial charge in [-0.05, 0) is 29.3 Å². The fourth-order valence-electron chi connectivity index (χ4n) is 2.53. The molecule has 1 amide bonds. The van der Waals surface area contributed by atoms with Crippen LogP contribution in [0.25, 0.3) is 6.08 Å². The van der Waals surface area contributed by atoms with Gasteiger partial charge in [0.1, 0.15) is 12.4 Å². The lowest BCUT2D eigenvalue weighted by Gasteiger charge is -2.29. The van der Waals surface area contributed by atoms with E-state index in [2.05, 4.69) is 10.1 Å². The SMILES string of the molecule is COC(=O)[C@](O)(/C=C/c1cccc(F)c1)[C@@H](NC=O)C(=O)OCc1ccccc1. The van der Waals surface area contributed by atoms with Crippen molar-refractivity contribution in [2.45, 2.75) is 18.2 Å². The van der Waals surface area contributed by atoms with Gasteiger partial charge in [0, 0.05) is 0 Å². The molecular weight excluding hydrogens is 381 g/mol. The minimum absolute atomic E-state index is 0.137. The molecule has 0 aliphatic carbocycles. The molecule has 0 aromatic heterocycles. The highest BCUT2D eigenvalue weighted by molar-refractivity contribution is 5.93. The van der Waals surface area contributed by atoms with Gasteiger partial charge in [-0.1, -0.05) is 48.5 Å². The topological polar surface area (TPSA) is 102 Å². The third-order valence-electron chi connectivity index (χ3n) is 4.03. The predicted molar refractivity (Wildman–Crippen MR) is 102 cm³/mol. The van der Waals surface area contributed by atoms with Crippen LogP contribution in [-0.4, -0.2) is 42.2 Å². The molecule has 0 heterocycles. The summed E-state index contributed by atoms with van der Waals surface area (Å²) in [4.78, 5) is 35.8. The van der Waals surface area contributed by atoms with Crippen molar-refractivity contribution >= 4 is 24.4 Å². The van der Waals surface area contributed by atoms with Crippen LogP contribution in [-0.2, 0) is 30.5 Å². The number of nitrogens with one attached hydrogen (secondary N) is 1. The van der Waals surface area contributed by atoms with Crippen molar-refractivity contribution < 1.29 is 33.4 Å². The van der Waals surface area contributed by atoms with Crippen molar-refractivity contribution in [2.75, 3.05) is 7.11 Å². The number of carbonyl (C=O) groups is 3. The zero-order valence-corrected chi connectivity index (χ0v) is 15.6. The van der Waals surface area contributed by atoms with Crippen molar-refractivity contribution in [1.82, 2.24) is 5.32 Å². The molecule has 0 aliphatic heterocycles. The highest BCUT2D eigenvalue weighted by atomic mass is 19.1. The van der Waals surface area contributed by atoms with Crippen molar-refractivity contribution in [1.29, 1.82) is 0 Å². The molecule has 7 nitrogen and oxygen atoms in total. The average Bonchev–Trinajstić information content (AvgIpc) is 2.74. The van der Waals surface area contributed by atoms with Gasteiger partial charge in [-0.25, -0.2) is 14.0 Å². The molecule has 152 valence electrons. The maximum absolute atomic E-state index is 13.4. The number of esters is 2. The summed E-state index contributed by atoms with van der Waals surface area (Å²) < 4.78 is 23.1. The van der Waals surface area contributed by atoms with Gasteiger partial charge in [-0.3, -0.25) is 4.79 Å². The second-order valence-electron chi connectivity index (χ2n) is 6.02. The standard InChI is InChI=1S/C21H20FNO6/c1-28-20(26)21(27,11-10-15-8-5-9-17(22)12-15)18(23-14-24)19(25)29-13-16-6-3-2-4-7-16/h2-12,14,18,27H,13H2,1H3,(H,23,24)/b11-10+/t18-,21-/m0/s1. The van der Waals surface area contributed by atoms with Crippen LogP contribution in [0.2, 0.25) is 0 Å². The van der Waals surface area contributed by atoms with E-state index in [0.717, 1.165) is 19.3 Å². The smallest absolute Gasteiger partial charge is 0.344 e. The van der Waals surface area contributed by atoms with Crippen LogP contribution >= 0.6 is 0 Å². The van der Waals surface area contributed by atoms with Gasteiger partial charge >= 0.3 is 11.9 Å². The lowest BCUT2D eigenvalue weighted by molar-refractivity contribution is -0.169. The number of ether oxygens (including phenoxy) is 2. The lowest BCUT2D eigenvalue weighted by Crippen LogP contribution is -2.59. The minimum atomic E-state index is -2.59. The molecule has 2 atom stereocenters. The summed E-state index contributed by atoms with van der Waals surface area (Å²) in [6, 6.07) is 12.3. The Kier molecular flexibility index (Phi) is 7.62. The van der Waals surface area contributed by atoms with E-state index in [4.69, 9.17) is 4.74 Å². The van der Waals surface area contributed by atoms with Gasteiger partial charge in [-0.2, -0.15) is 0 Å². The van der Waals surface area contributed by atoms with Gasteiger partial charge in [0.15, 0.2) is 6.04 Å². The largest absolute Gasteiger partial charge is 0.467 e. The van der Waals surface area contributed by atoms with Crippen LogP contribution in [0.4, 0.5) is 4.39 Å². The first-order chi connectivity index (χ1) is 13.9. The molecule has 2 N–H and O–H groups in total. The van der Waals surface area contributed by atoms with E-state index in [9.17, 15) is 23.9 Å². The molecule has 2 aromatic rings. The molecule has 0 saturated heterocycles. The Morgan fingerprint density at radius 2 is 1.93 bits per heavy atom. The van der Waals surface area contributed by atoms with Crippen LogP contribution < -0.4 is 5.32 Å². The van der Waals surface area contributed by atoms with Gasteiger partial charge in [0.2, 0.25) is 12.0 Å². The minimum Gasteiger partial charge on any atom is -0.467 e. The number of methoxy groups -OCH3 is 1. The van der Waals surface area contributed by atoms with E-state index in [1.807, 2.05) is 0 Å². The monoisotopic (exact) mass is 401 g/mol. The Balaban J connectivity index is 2.29. The Hall–Kier alpha value is -3.52. The van der Waals surface area contributed by atoms with E-state index >= 15 is 0 Å². The lowest BCUT2D eigenvalue weighted by atomic mass is 9.92. The third-order valence-corrected chi connectivity index (χ3v) is 4.03. The number of halogens is 1. The fourth-order valence-corrected chi connectivity index (χ4v) is 2.53. The average molecular weight is 401 g/mol. The first kappa shape index (κ1) is 21.8. The Morgan fingerprint density at radius 1 is 1.21 bits per heavy atom. The summed E-state index contributed by atoms with van der Waals surface area (Å²) >= 11 is 0. The van der Waals surface area contributed by atoms with Gasteiger partial charge in [0.25, 0.3) is 0 Å². The van der Waals surface area contributed by atoms with Crippen molar-refractivity contribution in [3.8, 4) is 0 Å². The van der Waals surface area contributed by atoms with Gasteiger partial charge < -0.3 is 19.9 Å². The summed E-state index contributed by atoms with van der Waals surface area (Å²) in [5, 5.41) is 13.0. The quantitative estimate of drug-likeness (QED) is 0.489. The first-order valence-corrected chi connectivity index (χ1v) is 8.56. The van der Waals surface area contributed by atoms with Crippen molar-refractivity contribution in [2.24, 2.45) is 0 Å². The molecule has 2 aromatic carbocycles. The zero-order chi connectivity index (χ0) is 21.3. The summed E-state index contributed by atoms with van der Waals surface area (Å²) in [5.41, 5.74) is -1.60. The summed E-state index contributed by atoms with van der Waals surface area (Å²) in [6.07, 6.45) is 2.32. The molecule has 0 unspecified atom stereocenters. The van der Waals surface area contributed by atoms with Crippen LogP contribution in [0.3, 0.4) is 0 Å². The molecule has 0 spiro atoms. The van der Waals surface area contributed by atoms with Crippen molar-refractivity contribution in [3.05, 3.63) is 77.6 Å². The van der Waals surface area contributed by atoms with Crippen LogP contribution in [0.1, 0.15) is 11.1 Å². The molecule has 8 heteroatoms. The molecule has 2 rings (SSSR count). The Bertz CT molecular complexity index is 886. The molecular formula is C21H20FNO6. The first-order valence-electron chi connectivity index (χ1n) is 8.56. The van der Waals surface area contributed by atoms with Crippen molar-refractivity contribution in [3.63, 3.8) is 0 Å². The number of carbonyl (C=O) groups excluding carboxylic acids is 3. The Morgan fingerprint density at radius 3 is 2.55 bits per heavy atom. The molecule has 0 bridgehead atoms. The molecule has 0 saturated carbocycles. The van der Waals surface area contributed by atoms with E-state index in [1.165, 1.54) is 24.3 Å². The number of amides is 1. The number of hydrogen-bond acceptors (Lipinski definition) is 6. The second kappa shape index (κ2) is 10.1. The van der Waals surface area contributed by atoms with E-state index < -0.39 is 29.4 Å². The van der Waals surface area contributed by atoms with E-state index in [0.29, 0.717) is 11.1 Å². The maximum atomic E-state index is 13.4. The zero-order valence-electron chi connectivity index (χ0n) is 15.6. The molecule has 0 aliphatic rings. The fraction of sp³-hybridized carbons (Fsp3) is 0.190. The van der Waals surface area contributed by atoms with E-state index in [1.54, 1.807) is 30.3 Å². The number of hydrogen-bond donors (Lipinski definition) is 2. The van der Waals surface area contributed by atoms with Crippen LogP contribution in [0.5, 0.6) is 0 Å². The van der Waals surface area contributed by atoms with Crippen LogP contribution in [0.15, 0.2) is 60.7 Å². The van der Waals surface area contributed by atoms with E-state index in [-0.39, 0.29) is 13.0 Å². The summed E-state index contributed by atoms with van der Waals surface area (Å²) in [5.74, 6) is -2.79. The third kappa shape index (κ3) is 5.73. The summed E-state index contributed by atoms with van der Waals surface area (Å²) in [6.45, 7) is -0.137. The molecule has 0 fully saturated rings.